The Morgan fingerprint density at radius 2 is 2.00 bits per heavy atom. The maximum absolute atomic E-state index is 9.93. The summed E-state index contributed by atoms with van der Waals surface area (Å²) in [7, 11) is 0. The molecule has 18 heavy (non-hydrogen) atoms. The molecule has 98 valence electrons. The van der Waals surface area contributed by atoms with Crippen molar-refractivity contribution in [3.63, 3.8) is 0 Å². The Kier molecular flexibility index (Phi) is 4.00. The first-order chi connectivity index (χ1) is 8.48. The number of nitrogens with two attached hydrogens (primary N) is 1. The summed E-state index contributed by atoms with van der Waals surface area (Å²) in [4.78, 5) is 2.80. The number of likely N-dealkylation sites (tertiary alicyclic amines) is 1. The zero-order valence-electron chi connectivity index (χ0n) is 10.7. The number of thiocarbonyl (C=S) groups is 1. The van der Waals surface area contributed by atoms with Crippen LogP contribution >= 0.6 is 12.2 Å². The zero-order valence-corrected chi connectivity index (χ0v) is 11.5. The van der Waals surface area contributed by atoms with Gasteiger partial charge in [0.15, 0.2) is 0 Å². The zero-order chi connectivity index (χ0) is 13.2. The summed E-state index contributed by atoms with van der Waals surface area (Å²) in [6, 6.07) is 8.01. The number of benzene rings is 1. The van der Waals surface area contributed by atoms with Crippen LogP contribution in [-0.2, 0) is 6.54 Å². The minimum atomic E-state index is -0.501. The molecule has 0 atom stereocenters. The molecule has 0 radical (unpaired) electrons. The van der Waals surface area contributed by atoms with Gasteiger partial charge < -0.3 is 10.8 Å². The molecule has 0 bridgehead atoms. The quantitative estimate of drug-likeness (QED) is 0.815. The Hall–Kier alpha value is -0.970. The number of hydrogen-bond donors (Lipinski definition) is 2. The summed E-state index contributed by atoms with van der Waals surface area (Å²) in [5.41, 5.74) is 7.37. The molecule has 0 amide bonds. The molecule has 4 heteroatoms. The number of rotatable bonds is 3. The van der Waals surface area contributed by atoms with Crippen molar-refractivity contribution in [2.45, 2.75) is 31.9 Å². The molecule has 0 aliphatic carbocycles. The van der Waals surface area contributed by atoms with Crippen molar-refractivity contribution < 1.29 is 5.11 Å². The highest BCUT2D eigenvalue weighted by atomic mass is 32.1. The summed E-state index contributed by atoms with van der Waals surface area (Å²) in [6.07, 6.45) is 1.64. The third-order valence-electron chi connectivity index (χ3n) is 3.61. The molecule has 1 heterocycles. The maximum atomic E-state index is 9.93. The summed E-state index contributed by atoms with van der Waals surface area (Å²) < 4.78 is 0. The molecule has 0 saturated carbocycles. The lowest BCUT2D eigenvalue weighted by atomic mass is 9.93. The van der Waals surface area contributed by atoms with Gasteiger partial charge in [0.2, 0.25) is 0 Å². The van der Waals surface area contributed by atoms with E-state index in [1.54, 1.807) is 0 Å². The average Bonchev–Trinajstić information content (AvgIpc) is 2.32. The molecule has 0 unspecified atom stereocenters. The smallest absolute Gasteiger partial charge is 0.104 e. The molecule has 1 aliphatic rings. The van der Waals surface area contributed by atoms with Crippen molar-refractivity contribution in [2.24, 2.45) is 5.73 Å². The maximum Gasteiger partial charge on any atom is 0.104 e. The standard InChI is InChI=1S/C14H20N2OS/c1-14(17)6-8-16(9-7-14)10-11-4-2-3-5-12(11)13(15)18/h2-5,17H,6-10H2,1H3,(H2,15,18). The fourth-order valence-electron chi connectivity index (χ4n) is 2.33. The van der Waals surface area contributed by atoms with E-state index in [1.165, 1.54) is 5.56 Å². The number of aliphatic hydroxyl groups is 1. The molecule has 1 fully saturated rings. The minimum Gasteiger partial charge on any atom is -0.390 e. The average molecular weight is 264 g/mol. The van der Waals surface area contributed by atoms with Crippen molar-refractivity contribution in [2.75, 3.05) is 13.1 Å². The van der Waals surface area contributed by atoms with E-state index < -0.39 is 5.60 Å². The highest BCUT2D eigenvalue weighted by molar-refractivity contribution is 7.80. The van der Waals surface area contributed by atoms with Gasteiger partial charge in [-0.15, -0.1) is 0 Å². The highest BCUT2D eigenvalue weighted by Crippen LogP contribution is 2.23. The Labute approximate surface area is 114 Å². The van der Waals surface area contributed by atoms with E-state index in [1.807, 2.05) is 25.1 Å². The normalized spacial score (nSPS) is 19.7. The molecule has 0 spiro atoms. The number of nitrogens with zero attached hydrogens (tertiary/aromatic N) is 1. The molecule has 0 aromatic heterocycles. The molecule has 1 saturated heterocycles. The Morgan fingerprint density at radius 3 is 2.61 bits per heavy atom. The van der Waals surface area contributed by atoms with Gasteiger partial charge in [-0.3, -0.25) is 4.90 Å². The van der Waals surface area contributed by atoms with Crippen molar-refractivity contribution in [1.29, 1.82) is 0 Å². The first-order valence-corrected chi connectivity index (χ1v) is 6.71. The van der Waals surface area contributed by atoms with Gasteiger partial charge in [0.05, 0.1) is 5.60 Å². The summed E-state index contributed by atoms with van der Waals surface area (Å²) in [5.74, 6) is 0. The van der Waals surface area contributed by atoms with Crippen LogP contribution < -0.4 is 5.73 Å². The second-order valence-electron chi connectivity index (χ2n) is 5.29. The van der Waals surface area contributed by atoms with E-state index >= 15 is 0 Å². The van der Waals surface area contributed by atoms with Crippen LogP contribution in [0.1, 0.15) is 30.9 Å². The van der Waals surface area contributed by atoms with E-state index in [9.17, 15) is 5.11 Å². The molecule has 1 aromatic rings. The molecular formula is C14H20N2OS. The molecular weight excluding hydrogens is 244 g/mol. The van der Waals surface area contributed by atoms with Gasteiger partial charge in [0.25, 0.3) is 0 Å². The van der Waals surface area contributed by atoms with E-state index in [0.29, 0.717) is 4.99 Å². The SMILES string of the molecule is CC1(O)CCN(Cc2ccccc2C(N)=S)CC1. The highest BCUT2D eigenvalue weighted by Gasteiger charge is 2.27. The van der Waals surface area contributed by atoms with E-state index in [2.05, 4.69) is 11.0 Å². The Balaban J connectivity index is 2.04. The second-order valence-corrected chi connectivity index (χ2v) is 5.73. The summed E-state index contributed by atoms with van der Waals surface area (Å²) in [5, 5.41) is 9.93. The lowest BCUT2D eigenvalue weighted by Gasteiger charge is -2.36. The third kappa shape index (κ3) is 3.28. The lowest BCUT2D eigenvalue weighted by Crippen LogP contribution is -2.42. The second kappa shape index (κ2) is 5.34. The van der Waals surface area contributed by atoms with Crippen molar-refractivity contribution in [3.05, 3.63) is 35.4 Å². The lowest BCUT2D eigenvalue weighted by molar-refractivity contribution is -0.00730. The largest absolute Gasteiger partial charge is 0.390 e. The minimum absolute atomic E-state index is 0.453. The predicted molar refractivity (Wildman–Crippen MR) is 77.5 cm³/mol. The molecule has 1 aliphatic heterocycles. The van der Waals surface area contributed by atoms with Gasteiger partial charge in [-0.1, -0.05) is 36.5 Å². The van der Waals surface area contributed by atoms with E-state index in [0.717, 1.165) is 38.0 Å². The Bertz CT molecular complexity index is 435. The molecule has 2 rings (SSSR count). The van der Waals surface area contributed by atoms with Crippen molar-refractivity contribution in [1.82, 2.24) is 4.90 Å². The number of hydrogen-bond acceptors (Lipinski definition) is 3. The topological polar surface area (TPSA) is 49.5 Å². The first-order valence-electron chi connectivity index (χ1n) is 6.30. The monoisotopic (exact) mass is 264 g/mol. The van der Waals surface area contributed by atoms with Crippen LogP contribution in [0.4, 0.5) is 0 Å². The molecule has 1 aromatic carbocycles. The van der Waals surface area contributed by atoms with Crippen LogP contribution in [0, 0.1) is 0 Å². The van der Waals surface area contributed by atoms with E-state index in [4.69, 9.17) is 18.0 Å². The van der Waals surface area contributed by atoms with E-state index in [-0.39, 0.29) is 0 Å². The molecule has 3 nitrogen and oxygen atoms in total. The van der Waals surface area contributed by atoms with Crippen LogP contribution in [-0.4, -0.2) is 33.7 Å². The van der Waals surface area contributed by atoms with Gasteiger partial charge in [-0.05, 0) is 25.3 Å². The molecule has 3 N–H and O–H groups in total. The van der Waals surface area contributed by atoms with Gasteiger partial charge >= 0.3 is 0 Å². The van der Waals surface area contributed by atoms with Crippen molar-refractivity contribution in [3.8, 4) is 0 Å². The first kappa shape index (κ1) is 13.5. The fourth-order valence-corrected chi connectivity index (χ4v) is 2.53. The predicted octanol–water partition coefficient (Wildman–Crippen LogP) is 1.67. The van der Waals surface area contributed by atoms with Gasteiger partial charge in [-0.2, -0.15) is 0 Å². The fraction of sp³-hybridized carbons (Fsp3) is 0.500. The summed E-state index contributed by atoms with van der Waals surface area (Å²) in [6.45, 7) is 4.59. The van der Waals surface area contributed by atoms with Crippen LogP contribution in [0.25, 0.3) is 0 Å². The number of piperidine rings is 1. The van der Waals surface area contributed by atoms with Gasteiger partial charge in [0.1, 0.15) is 4.99 Å². The van der Waals surface area contributed by atoms with Gasteiger partial charge in [-0.25, -0.2) is 0 Å². The van der Waals surface area contributed by atoms with Crippen molar-refractivity contribution >= 4 is 17.2 Å². The third-order valence-corrected chi connectivity index (χ3v) is 3.83. The Morgan fingerprint density at radius 1 is 1.39 bits per heavy atom. The summed E-state index contributed by atoms with van der Waals surface area (Å²) >= 11 is 5.07. The van der Waals surface area contributed by atoms with Crippen LogP contribution in [0.5, 0.6) is 0 Å². The van der Waals surface area contributed by atoms with Crippen LogP contribution in [0.3, 0.4) is 0 Å². The van der Waals surface area contributed by atoms with Gasteiger partial charge in [0, 0.05) is 25.2 Å². The van der Waals surface area contributed by atoms with Crippen LogP contribution in [0.2, 0.25) is 0 Å². The van der Waals surface area contributed by atoms with Crippen LogP contribution in [0.15, 0.2) is 24.3 Å².